The predicted octanol–water partition coefficient (Wildman–Crippen LogP) is 3.24. The van der Waals surface area contributed by atoms with Crippen LogP contribution in [0.5, 0.6) is 5.75 Å². The van der Waals surface area contributed by atoms with Gasteiger partial charge >= 0.3 is 6.36 Å². The molecule has 1 rings (SSSR count). The average Bonchev–Trinajstić information content (AvgIpc) is 1.97. The van der Waals surface area contributed by atoms with Gasteiger partial charge in [-0.05, 0) is 40.5 Å². The van der Waals surface area contributed by atoms with Gasteiger partial charge in [0.15, 0.2) is 0 Å². The van der Waals surface area contributed by atoms with E-state index in [9.17, 15) is 13.2 Å². The molecule has 0 atom stereocenters. The molecule has 6 heteroatoms. The SMILES string of the molecule is Cc1cc(OC(F)(F)F)c(Br)cc1N. The topological polar surface area (TPSA) is 35.2 Å². The number of hydrogen-bond acceptors (Lipinski definition) is 2. The van der Waals surface area contributed by atoms with Crippen molar-refractivity contribution in [2.45, 2.75) is 13.3 Å². The third-order valence-corrected chi connectivity index (χ3v) is 2.17. The highest BCUT2D eigenvalue weighted by Gasteiger charge is 2.32. The lowest BCUT2D eigenvalue weighted by Crippen LogP contribution is -2.17. The van der Waals surface area contributed by atoms with Crippen molar-refractivity contribution in [3.05, 3.63) is 22.2 Å². The maximum absolute atomic E-state index is 11.9. The molecule has 0 bridgehead atoms. The van der Waals surface area contributed by atoms with Crippen molar-refractivity contribution in [3.63, 3.8) is 0 Å². The van der Waals surface area contributed by atoms with Gasteiger partial charge in [0, 0.05) is 5.69 Å². The van der Waals surface area contributed by atoms with Gasteiger partial charge in [-0.2, -0.15) is 0 Å². The second kappa shape index (κ2) is 3.68. The maximum atomic E-state index is 11.9. The molecule has 0 fully saturated rings. The van der Waals surface area contributed by atoms with Crippen molar-refractivity contribution in [1.29, 1.82) is 0 Å². The Morgan fingerprint density at radius 2 is 1.93 bits per heavy atom. The molecule has 2 nitrogen and oxygen atoms in total. The van der Waals surface area contributed by atoms with Gasteiger partial charge in [-0.25, -0.2) is 0 Å². The molecule has 0 aliphatic carbocycles. The number of halogens is 4. The first-order chi connectivity index (χ1) is 6.29. The van der Waals surface area contributed by atoms with E-state index in [2.05, 4.69) is 20.7 Å². The molecule has 78 valence electrons. The minimum absolute atomic E-state index is 0.179. The van der Waals surface area contributed by atoms with Crippen molar-refractivity contribution >= 4 is 21.6 Å². The smallest absolute Gasteiger partial charge is 0.405 e. The van der Waals surface area contributed by atoms with E-state index in [1.165, 1.54) is 12.1 Å². The average molecular weight is 270 g/mol. The summed E-state index contributed by atoms with van der Waals surface area (Å²) < 4.78 is 39.6. The molecule has 2 N–H and O–H groups in total. The molecule has 0 saturated carbocycles. The van der Waals surface area contributed by atoms with Crippen LogP contribution in [0.4, 0.5) is 18.9 Å². The summed E-state index contributed by atoms with van der Waals surface area (Å²) in [6.07, 6.45) is -4.69. The van der Waals surface area contributed by atoms with Crippen LogP contribution in [-0.4, -0.2) is 6.36 Å². The third kappa shape index (κ3) is 2.80. The van der Waals surface area contributed by atoms with Gasteiger partial charge in [0.05, 0.1) is 4.47 Å². The van der Waals surface area contributed by atoms with Crippen molar-refractivity contribution in [2.24, 2.45) is 0 Å². The molecular formula is C8H7BrF3NO. The van der Waals surface area contributed by atoms with Crippen LogP contribution < -0.4 is 10.5 Å². The standard InChI is InChI=1S/C8H7BrF3NO/c1-4-2-7(14-8(10,11)12)5(9)3-6(4)13/h2-3H,13H2,1H3. The Morgan fingerprint density at radius 3 is 2.43 bits per heavy atom. The molecule has 0 spiro atoms. The van der Waals surface area contributed by atoms with Crippen LogP contribution >= 0.6 is 15.9 Å². The van der Waals surface area contributed by atoms with Crippen molar-refractivity contribution in [3.8, 4) is 5.75 Å². The van der Waals surface area contributed by atoms with E-state index in [0.29, 0.717) is 11.3 Å². The zero-order valence-corrected chi connectivity index (χ0v) is 8.74. The van der Waals surface area contributed by atoms with Crippen LogP contribution in [0.3, 0.4) is 0 Å². The van der Waals surface area contributed by atoms with Crippen LogP contribution in [0.25, 0.3) is 0 Å². The van der Waals surface area contributed by atoms with Crippen molar-refractivity contribution in [2.75, 3.05) is 5.73 Å². The molecule has 0 heterocycles. The lowest BCUT2D eigenvalue weighted by molar-refractivity contribution is -0.274. The second-order valence-corrected chi connectivity index (χ2v) is 3.54. The molecular weight excluding hydrogens is 263 g/mol. The summed E-state index contributed by atoms with van der Waals surface area (Å²) in [6, 6.07) is 2.60. The Bertz CT molecular complexity index is 351. The molecule has 1 aromatic rings. The lowest BCUT2D eigenvalue weighted by Gasteiger charge is -2.12. The summed E-state index contributed by atoms with van der Waals surface area (Å²) in [5, 5.41) is 0. The number of nitrogens with two attached hydrogens (primary N) is 1. The number of alkyl halides is 3. The van der Waals surface area contributed by atoms with Crippen molar-refractivity contribution < 1.29 is 17.9 Å². The molecule has 0 aliphatic heterocycles. The van der Waals surface area contributed by atoms with Crippen LogP contribution in [0.15, 0.2) is 16.6 Å². The minimum atomic E-state index is -4.69. The quantitative estimate of drug-likeness (QED) is 0.795. The summed E-state index contributed by atoms with van der Waals surface area (Å²) in [5.41, 5.74) is 6.43. The third-order valence-electron chi connectivity index (χ3n) is 1.55. The summed E-state index contributed by atoms with van der Waals surface area (Å²) in [4.78, 5) is 0. The molecule has 14 heavy (non-hydrogen) atoms. The number of aryl methyl sites for hydroxylation is 1. The highest BCUT2D eigenvalue weighted by molar-refractivity contribution is 9.10. The molecule has 0 aliphatic rings. The zero-order valence-electron chi connectivity index (χ0n) is 7.15. The monoisotopic (exact) mass is 269 g/mol. The fourth-order valence-corrected chi connectivity index (χ4v) is 1.32. The van der Waals surface area contributed by atoms with E-state index in [0.717, 1.165) is 0 Å². The van der Waals surface area contributed by atoms with E-state index in [-0.39, 0.29) is 10.2 Å². The second-order valence-electron chi connectivity index (χ2n) is 2.69. The first kappa shape index (κ1) is 11.2. The highest BCUT2D eigenvalue weighted by atomic mass is 79.9. The van der Waals surface area contributed by atoms with Crippen molar-refractivity contribution in [1.82, 2.24) is 0 Å². The normalized spacial score (nSPS) is 11.5. The number of rotatable bonds is 1. The van der Waals surface area contributed by atoms with Crippen LogP contribution in [0.2, 0.25) is 0 Å². The fourth-order valence-electron chi connectivity index (χ4n) is 0.873. The maximum Gasteiger partial charge on any atom is 0.573 e. The number of ether oxygens (including phenoxy) is 1. The van der Waals surface area contributed by atoms with Crippen LogP contribution in [-0.2, 0) is 0 Å². The summed E-state index contributed by atoms with van der Waals surface area (Å²) in [7, 11) is 0. The summed E-state index contributed by atoms with van der Waals surface area (Å²) in [5.74, 6) is -0.288. The van der Waals surface area contributed by atoms with Gasteiger partial charge in [0.25, 0.3) is 0 Å². The van der Waals surface area contributed by atoms with Gasteiger partial charge in [-0.15, -0.1) is 13.2 Å². The number of anilines is 1. The zero-order chi connectivity index (χ0) is 10.9. The first-order valence-corrected chi connectivity index (χ1v) is 4.40. The Kier molecular flexibility index (Phi) is 2.94. The number of hydrogen-bond donors (Lipinski definition) is 1. The van der Waals surface area contributed by atoms with E-state index < -0.39 is 6.36 Å². The number of benzene rings is 1. The van der Waals surface area contributed by atoms with E-state index >= 15 is 0 Å². The van der Waals surface area contributed by atoms with E-state index in [4.69, 9.17) is 5.73 Å². The van der Waals surface area contributed by atoms with Crippen LogP contribution in [0, 0.1) is 6.92 Å². The van der Waals surface area contributed by atoms with Crippen LogP contribution in [0.1, 0.15) is 5.56 Å². The largest absolute Gasteiger partial charge is 0.573 e. The highest BCUT2D eigenvalue weighted by Crippen LogP contribution is 2.33. The molecule has 0 amide bonds. The summed E-state index contributed by atoms with van der Waals surface area (Å²) >= 11 is 2.93. The Balaban J connectivity index is 3.04. The predicted molar refractivity (Wildman–Crippen MR) is 50.0 cm³/mol. The van der Waals surface area contributed by atoms with E-state index in [1.807, 2.05) is 0 Å². The Labute approximate surface area is 87.0 Å². The molecule has 0 radical (unpaired) electrons. The molecule has 0 saturated heterocycles. The minimum Gasteiger partial charge on any atom is -0.405 e. The Hall–Kier alpha value is -0.910. The molecule has 1 aromatic carbocycles. The van der Waals surface area contributed by atoms with E-state index in [1.54, 1.807) is 6.92 Å². The van der Waals surface area contributed by atoms with Gasteiger partial charge in [-0.1, -0.05) is 0 Å². The van der Waals surface area contributed by atoms with Gasteiger partial charge in [0.1, 0.15) is 5.75 Å². The fraction of sp³-hybridized carbons (Fsp3) is 0.250. The molecule has 0 unspecified atom stereocenters. The lowest BCUT2D eigenvalue weighted by atomic mass is 10.2. The summed E-state index contributed by atoms with van der Waals surface area (Å²) in [6.45, 7) is 1.60. The van der Waals surface area contributed by atoms with Gasteiger partial charge < -0.3 is 10.5 Å². The van der Waals surface area contributed by atoms with Gasteiger partial charge in [-0.3, -0.25) is 0 Å². The van der Waals surface area contributed by atoms with Gasteiger partial charge in [0.2, 0.25) is 0 Å². The molecule has 0 aromatic heterocycles. The first-order valence-electron chi connectivity index (χ1n) is 3.61. The Morgan fingerprint density at radius 1 is 1.36 bits per heavy atom. The number of nitrogen functional groups attached to an aromatic ring is 1.